The van der Waals surface area contributed by atoms with Gasteiger partial charge in [0, 0.05) is 0 Å². The van der Waals surface area contributed by atoms with Gasteiger partial charge in [-0.15, -0.1) is 0 Å². The Morgan fingerprint density at radius 3 is 1.74 bits per heavy atom. The molecule has 0 unspecified atom stereocenters. The zero-order valence-electron chi connectivity index (χ0n) is 13.7. The second-order valence-corrected chi connectivity index (χ2v) is 5.87. The van der Waals surface area contributed by atoms with E-state index in [-0.39, 0.29) is 17.0 Å². The Hall–Kier alpha value is -0.735. The van der Waals surface area contributed by atoms with Crippen LogP contribution in [0.25, 0.3) is 0 Å². The maximum atomic E-state index is 9.28. The molecule has 1 heterocycles. The summed E-state index contributed by atoms with van der Waals surface area (Å²) in [6, 6.07) is 0. The van der Waals surface area contributed by atoms with Crippen LogP contribution < -0.4 is 0 Å². The minimum atomic E-state index is -0.405. The predicted octanol–water partition coefficient (Wildman–Crippen LogP) is 4.44. The molecule has 0 radical (unpaired) electrons. The highest BCUT2D eigenvalue weighted by Crippen LogP contribution is 2.38. The van der Waals surface area contributed by atoms with Crippen molar-refractivity contribution in [3.05, 3.63) is 23.4 Å². The first-order chi connectivity index (χ1) is 8.61. The van der Waals surface area contributed by atoms with Crippen molar-refractivity contribution in [2.45, 2.75) is 73.0 Å². The van der Waals surface area contributed by atoms with E-state index in [4.69, 9.17) is 9.31 Å². The van der Waals surface area contributed by atoms with E-state index in [2.05, 4.69) is 13.8 Å². The van der Waals surface area contributed by atoms with Crippen LogP contribution in [0.3, 0.4) is 0 Å². The van der Waals surface area contributed by atoms with Crippen LogP contribution in [0.2, 0.25) is 0 Å². The molecule has 1 aliphatic rings. The van der Waals surface area contributed by atoms with Gasteiger partial charge in [0.25, 0.3) is 0 Å². The zero-order valence-corrected chi connectivity index (χ0v) is 13.7. The van der Waals surface area contributed by atoms with Gasteiger partial charge < -0.3 is 14.4 Å². The molecule has 1 saturated heterocycles. The molecule has 0 atom stereocenters. The molecule has 0 amide bonds. The fourth-order valence-electron chi connectivity index (χ4n) is 1.51. The van der Waals surface area contributed by atoms with E-state index in [1.807, 2.05) is 40.7 Å². The molecule has 0 aromatic heterocycles. The van der Waals surface area contributed by atoms with Crippen molar-refractivity contribution in [2.24, 2.45) is 0 Å². The Kier molecular flexibility index (Phi) is 6.88. The second kappa shape index (κ2) is 7.16. The predicted molar refractivity (Wildman–Crippen MR) is 82.2 cm³/mol. The summed E-state index contributed by atoms with van der Waals surface area (Å²) in [6.45, 7) is 15.8. The summed E-state index contributed by atoms with van der Waals surface area (Å²) in [6.07, 6.45) is 4.81. The van der Waals surface area contributed by atoms with Crippen LogP contribution in [0.1, 0.15) is 61.8 Å². The first-order valence-electron chi connectivity index (χ1n) is 7.00. The first-order valence-corrected chi connectivity index (χ1v) is 7.00. The highest BCUT2D eigenvalue weighted by atomic mass is 16.7. The van der Waals surface area contributed by atoms with Gasteiger partial charge in [-0.05, 0) is 53.1 Å². The number of aliphatic hydroxyl groups is 1. The van der Waals surface area contributed by atoms with Crippen LogP contribution in [0.5, 0.6) is 0 Å². The van der Waals surface area contributed by atoms with Crippen molar-refractivity contribution in [3.63, 3.8) is 0 Å². The van der Waals surface area contributed by atoms with E-state index in [9.17, 15) is 5.11 Å². The molecule has 0 spiro atoms. The fourth-order valence-corrected chi connectivity index (χ4v) is 1.51. The molecule has 0 bridgehead atoms. The van der Waals surface area contributed by atoms with Crippen molar-refractivity contribution >= 4 is 7.12 Å². The quantitative estimate of drug-likeness (QED) is 0.457. The van der Waals surface area contributed by atoms with Gasteiger partial charge in [-0.25, -0.2) is 0 Å². The van der Waals surface area contributed by atoms with Crippen molar-refractivity contribution in [2.75, 3.05) is 0 Å². The van der Waals surface area contributed by atoms with Crippen LogP contribution in [0.4, 0.5) is 0 Å². The van der Waals surface area contributed by atoms with Gasteiger partial charge in [0.1, 0.15) is 0 Å². The third-order valence-corrected chi connectivity index (χ3v) is 3.23. The highest BCUT2D eigenvalue weighted by molar-refractivity contribution is 6.55. The standard InChI is InChI=1S/C12H21BO3.C3H8/c1-7-10(8-9(2)14)13-15-11(3,4)12(5,6)16-13;1-3-2/h7-8,14H,1-6H3;3H2,1-2H3/b9-8+,10-7+;. The first kappa shape index (κ1) is 18.3. The number of allylic oxidation sites excluding steroid dienone is 4. The van der Waals surface area contributed by atoms with Crippen molar-refractivity contribution in [1.29, 1.82) is 0 Å². The Morgan fingerprint density at radius 1 is 1.11 bits per heavy atom. The smallest absolute Gasteiger partial charge is 0.494 e. The summed E-state index contributed by atoms with van der Waals surface area (Å²) in [5.74, 6) is 0.253. The lowest BCUT2D eigenvalue weighted by molar-refractivity contribution is 0.00578. The maximum absolute atomic E-state index is 9.28. The lowest BCUT2D eigenvalue weighted by Crippen LogP contribution is -2.41. The Morgan fingerprint density at radius 2 is 1.47 bits per heavy atom. The average molecular weight is 268 g/mol. The molecule has 110 valence electrons. The molecule has 0 saturated carbocycles. The third kappa shape index (κ3) is 5.04. The Labute approximate surface area is 118 Å². The van der Waals surface area contributed by atoms with Crippen LogP contribution >= 0.6 is 0 Å². The molecule has 19 heavy (non-hydrogen) atoms. The molecule has 3 nitrogen and oxygen atoms in total. The molecular formula is C15H29BO3. The van der Waals surface area contributed by atoms with Crippen molar-refractivity contribution in [3.8, 4) is 0 Å². The van der Waals surface area contributed by atoms with Crippen LogP contribution in [0.15, 0.2) is 23.4 Å². The van der Waals surface area contributed by atoms with Gasteiger partial charge in [-0.3, -0.25) is 0 Å². The van der Waals surface area contributed by atoms with Gasteiger partial charge in [0.15, 0.2) is 0 Å². The summed E-state index contributed by atoms with van der Waals surface area (Å²) in [5, 5.41) is 9.28. The lowest BCUT2D eigenvalue weighted by atomic mass is 9.77. The molecule has 1 aliphatic heterocycles. The largest absolute Gasteiger partial charge is 0.513 e. The van der Waals surface area contributed by atoms with E-state index in [1.54, 1.807) is 13.0 Å². The lowest BCUT2D eigenvalue weighted by Gasteiger charge is -2.32. The van der Waals surface area contributed by atoms with Gasteiger partial charge >= 0.3 is 7.12 Å². The third-order valence-electron chi connectivity index (χ3n) is 3.23. The summed E-state index contributed by atoms with van der Waals surface area (Å²) >= 11 is 0. The maximum Gasteiger partial charge on any atom is 0.494 e. The summed E-state index contributed by atoms with van der Waals surface area (Å²) in [5.41, 5.74) is 0.158. The summed E-state index contributed by atoms with van der Waals surface area (Å²) in [7, 11) is -0.405. The molecule has 1 fully saturated rings. The number of hydrogen-bond donors (Lipinski definition) is 1. The summed E-state index contributed by atoms with van der Waals surface area (Å²) in [4.78, 5) is 0. The van der Waals surface area contributed by atoms with Gasteiger partial charge in [0.05, 0.1) is 17.0 Å². The van der Waals surface area contributed by atoms with Crippen LogP contribution in [0, 0.1) is 0 Å². The molecule has 0 aromatic carbocycles. The number of rotatable bonds is 2. The molecule has 1 rings (SSSR count). The number of aliphatic hydroxyl groups excluding tert-OH is 1. The SMILES string of the molecule is C/C=C(\C=C(/C)O)B1OC(C)(C)C(C)(C)O1.CCC. The minimum absolute atomic E-state index is 0.253. The second-order valence-electron chi connectivity index (χ2n) is 5.87. The zero-order chi connectivity index (χ0) is 15.3. The average Bonchev–Trinajstić information content (AvgIpc) is 2.45. The molecule has 4 heteroatoms. The molecular weight excluding hydrogens is 239 g/mol. The van der Waals surface area contributed by atoms with Crippen molar-refractivity contribution < 1.29 is 14.4 Å². The van der Waals surface area contributed by atoms with Gasteiger partial charge in [-0.2, -0.15) is 0 Å². The topological polar surface area (TPSA) is 38.7 Å². The van der Waals surface area contributed by atoms with E-state index in [1.165, 1.54) is 6.42 Å². The molecule has 0 aromatic rings. The van der Waals surface area contributed by atoms with E-state index >= 15 is 0 Å². The fraction of sp³-hybridized carbons (Fsp3) is 0.733. The van der Waals surface area contributed by atoms with Crippen LogP contribution in [-0.4, -0.2) is 23.4 Å². The highest BCUT2D eigenvalue weighted by Gasteiger charge is 2.51. The van der Waals surface area contributed by atoms with Crippen molar-refractivity contribution in [1.82, 2.24) is 0 Å². The van der Waals surface area contributed by atoms with Gasteiger partial charge in [-0.1, -0.05) is 26.3 Å². The Bertz CT molecular complexity index is 323. The minimum Gasteiger partial charge on any atom is -0.513 e. The van der Waals surface area contributed by atoms with E-state index < -0.39 is 7.12 Å². The van der Waals surface area contributed by atoms with E-state index in [0.29, 0.717) is 0 Å². The van der Waals surface area contributed by atoms with Crippen LogP contribution in [-0.2, 0) is 9.31 Å². The Balaban J connectivity index is 0.000000982. The molecule has 0 aliphatic carbocycles. The monoisotopic (exact) mass is 268 g/mol. The summed E-state index contributed by atoms with van der Waals surface area (Å²) < 4.78 is 11.7. The van der Waals surface area contributed by atoms with E-state index in [0.717, 1.165) is 5.47 Å². The normalized spacial score (nSPS) is 22.0. The number of hydrogen-bond acceptors (Lipinski definition) is 3. The van der Waals surface area contributed by atoms with Gasteiger partial charge in [0.2, 0.25) is 0 Å². The molecule has 1 N–H and O–H groups in total.